The van der Waals surface area contributed by atoms with E-state index >= 15 is 0 Å². The number of phosphoric acid groups is 1. The molecule has 17 heavy (non-hydrogen) atoms. The molecule has 0 amide bonds. The molecule has 1 aromatic rings. The van der Waals surface area contributed by atoms with E-state index in [1.165, 1.54) is 0 Å². The zero-order valence-electron chi connectivity index (χ0n) is 8.65. The summed E-state index contributed by atoms with van der Waals surface area (Å²) >= 11 is 0. The normalized spacial score (nSPS) is 15.9. The van der Waals surface area contributed by atoms with Gasteiger partial charge in [-0.2, -0.15) is 0 Å². The Morgan fingerprint density at radius 3 is 2.41 bits per heavy atom. The van der Waals surface area contributed by atoms with Crippen molar-refractivity contribution in [2.45, 2.75) is 13.3 Å². The number of rotatable bonds is 5. The SMILES string of the molecule is CC(F)OP(=O)(O)Oc1ccc([N+](=O)[O-])cc1. The van der Waals surface area contributed by atoms with Gasteiger partial charge in [-0.25, -0.2) is 13.5 Å². The summed E-state index contributed by atoms with van der Waals surface area (Å²) in [7, 11) is -4.55. The average molecular weight is 265 g/mol. The fraction of sp³-hybridized carbons (Fsp3) is 0.250. The first-order chi connectivity index (χ1) is 7.80. The topological polar surface area (TPSA) is 98.9 Å². The molecule has 0 radical (unpaired) electrons. The molecule has 2 atom stereocenters. The Kier molecular flexibility index (Phi) is 4.17. The van der Waals surface area contributed by atoms with Crippen LogP contribution in [0, 0.1) is 10.1 Å². The number of halogens is 1. The van der Waals surface area contributed by atoms with Gasteiger partial charge in [-0.3, -0.25) is 15.0 Å². The van der Waals surface area contributed by atoms with Gasteiger partial charge < -0.3 is 4.52 Å². The maximum Gasteiger partial charge on any atom is 0.530 e. The van der Waals surface area contributed by atoms with Crippen LogP contribution in [0.1, 0.15) is 6.92 Å². The summed E-state index contributed by atoms with van der Waals surface area (Å²) in [6.07, 6.45) is -1.97. The predicted octanol–water partition coefficient (Wildman–Crippen LogP) is 2.41. The van der Waals surface area contributed by atoms with Crippen molar-refractivity contribution >= 4 is 13.5 Å². The fourth-order valence-corrected chi connectivity index (χ4v) is 1.77. The van der Waals surface area contributed by atoms with Crippen molar-refractivity contribution in [3.63, 3.8) is 0 Å². The van der Waals surface area contributed by atoms with Crippen LogP contribution >= 0.6 is 7.82 Å². The van der Waals surface area contributed by atoms with Crippen LogP contribution in [-0.2, 0) is 9.09 Å². The highest BCUT2D eigenvalue weighted by atomic mass is 31.2. The smallest absolute Gasteiger partial charge is 0.404 e. The van der Waals surface area contributed by atoms with Gasteiger partial charge in [0.15, 0.2) is 0 Å². The summed E-state index contributed by atoms with van der Waals surface area (Å²) in [6.45, 7) is 0.919. The fourth-order valence-electron chi connectivity index (χ4n) is 0.967. The molecule has 9 heteroatoms. The Balaban J connectivity index is 2.75. The van der Waals surface area contributed by atoms with Gasteiger partial charge in [-0.15, -0.1) is 0 Å². The Labute approximate surface area is 95.6 Å². The molecule has 0 saturated carbocycles. The molecule has 0 heterocycles. The minimum absolute atomic E-state index is 0.137. The van der Waals surface area contributed by atoms with E-state index in [0.717, 1.165) is 31.2 Å². The maximum absolute atomic E-state index is 12.3. The zero-order valence-corrected chi connectivity index (χ0v) is 9.54. The van der Waals surface area contributed by atoms with Crippen molar-refractivity contribution < 1.29 is 27.8 Å². The standard InChI is InChI=1S/C8H9FNO6P/c1-6(9)15-17(13,14)16-8-4-2-7(3-5-8)10(11)12/h2-6H,1H3,(H,13,14). The molecule has 1 aromatic carbocycles. The minimum atomic E-state index is -4.55. The number of alkyl halides is 1. The van der Waals surface area contributed by atoms with E-state index in [1.54, 1.807) is 0 Å². The maximum atomic E-state index is 12.3. The zero-order chi connectivity index (χ0) is 13.1. The molecule has 0 bridgehead atoms. The second-order valence-corrected chi connectivity index (χ2v) is 4.29. The Morgan fingerprint density at radius 2 is 2.00 bits per heavy atom. The second kappa shape index (κ2) is 5.22. The molecule has 0 spiro atoms. The molecule has 0 fully saturated rings. The third-order valence-electron chi connectivity index (χ3n) is 1.55. The lowest BCUT2D eigenvalue weighted by Gasteiger charge is -2.13. The molecule has 0 aliphatic rings. The first-order valence-electron chi connectivity index (χ1n) is 4.39. The third-order valence-corrected chi connectivity index (χ3v) is 2.55. The van der Waals surface area contributed by atoms with Crippen LogP contribution in [0.2, 0.25) is 0 Å². The highest BCUT2D eigenvalue weighted by Gasteiger charge is 2.26. The van der Waals surface area contributed by atoms with Crippen LogP contribution in [0.15, 0.2) is 24.3 Å². The van der Waals surface area contributed by atoms with Crippen molar-refractivity contribution in [2.75, 3.05) is 0 Å². The van der Waals surface area contributed by atoms with Crippen molar-refractivity contribution in [1.29, 1.82) is 0 Å². The summed E-state index contributed by atoms with van der Waals surface area (Å²) in [5.74, 6) is -0.137. The number of benzene rings is 1. The lowest BCUT2D eigenvalue weighted by Crippen LogP contribution is -2.03. The molecular formula is C8H9FNO6P. The largest absolute Gasteiger partial charge is 0.530 e. The van der Waals surface area contributed by atoms with E-state index in [-0.39, 0.29) is 11.4 Å². The molecule has 2 unspecified atom stereocenters. The van der Waals surface area contributed by atoms with Crippen molar-refractivity contribution in [2.24, 2.45) is 0 Å². The van der Waals surface area contributed by atoms with Crippen LogP contribution in [0.5, 0.6) is 5.75 Å². The monoisotopic (exact) mass is 265 g/mol. The van der Waals surface area contributed by atoms with Gasteiger partial charge in [0.1, 0.15) is 5.75 Å². The summed E-state index contributed by atoms with van der Waals surface area (Å²) in [5.41, 5.74) is -0.204. The summed E-state index contributed by atoms with van der Waals surface area (Å²) in [5, 5.41) is 10.3. The molecule has 0 saturated heterocycles. The summed E-state index contributed by atoms with van der Waals surface area (Å²) in [6, 6.07) is 4.36. The molecule has 7 nitrogen and oxygen atoms in total. The number of nitro benzene ring substituents is 1. The van der Waals surface area contributed by atoms with E-state index in [0.29, 0.717) is 0 Å². The van der Waals surface area contributed by atoms with E-state index in [4.69, 9.17) is 4.89 Å². The van der Waals surface area contributed by atoms with Gasteiger partial charge in [0, 0.05) is 12.1 Å². The number of nitrogens with zero attached hydrogens (tertiary/aromatic N) is 1. The Morgan fingerprint density at radius 1 is 1.47 bits per heavy atom. The quantitative estimate of drug-likeness (QED) is 0.498. The molecule has 0 aromatic heterocycles. The van der Waals surface area contributed by atoms with Gasteiger partial charge >= 0.3 is 7.82 Å². The number of nitro groups is 1. The van der Waals surface area contributed by atoms with Crippen molar-refractivity contribution in [3.8, 4) is 5.75 Å². The Bertz CT molecular complexity index is 448. The Hall–Kier alpha value is -1.50. The number of non-ortho nitro benzene ring substituents is 1. The van der Waals surface area contributed by atoms with Gasteiger partial charge in [0.25, 0.3) is 5.69 Å². The van der Waals surface area contributed by atoms with Gasteiger partial charge in [0.05, 0.1) is 4.92 Å². The van der Waals surface area contributed by atoms with Crippen LogP contribution < -0.4 is 4.52 Å². The minimum Gasteiger partial charge on any atom is -0.404 e. The van der Waals surface area contributed by atoms with Gasteiger partial charge in [-0.05, 0) is 19.1 Å². The van der Waals surface area contributed by atoms with E-state index in [1.807, 2.05) is 0 Å². The number of hydrogen-bond acceptors (Lipinski definition) is 5. The third kappa shape index (κ3) is 4.48. The first kappa shape index (κ1) is 13.6. The van der Waals surface area contributed by atoms with Gasteiger partial charge in [0.2, 0.25) is 6.36 Å². The first-order valence-corrected chi connectivity index (χ1v) is 5.89. The molecule has 1 N–H and O–H groups in total. The number of phosphoric ester groups is 1. The molecule has 1 rings (SSSR count). The molecule has 0 aliphatic heterocycles. The van der Waals surface area contributed by atoms with Crippen molar-refractivity contribution in [1.82, 2.24) is 0 Å². The highest BCUT2D eigenvalue weighted by Crippen LogP contribution is 2.45. The highest BCUT2D eigenvalue weighted by molar-refractivity contribution is 7.47. The molecule has 0 aliphatic carbocycles. The van der Waals surface area contributed by atoms with Crippen LogP contribution in [-0.4, -0.2) is 16.2 Å². The lowest BCUT2D eigenvalue weighted by molar-refractivity contribution is -0.384. The number of hydrogen-bond donors (Lipinski definition) is 1. The van der Waals surface area contributed by atoms with E-state index in [9.17, 15) is 19.1 Å². The van der Waals surface area contributed by atoms with Gasteiger partial charge in [-0.1, -0.05) is 0 Å². The van der Waals surface area contributed by atoms with Crippen LogP contribution in [0.4, 0.5) is 10.1 Å². The van der Waals surface area contributed by atoms with Crippen LogP contribution in [0.25, 0.3) is 0 Å². The predicted molar refractivity (Wildman–Crippen MR) is 55.2 cm³/mol. The summed E-state index contributed by atoms with van der Waals surface area (Å²) < 4.78 is 32.0. The summed E-state index contributed by atoms with van der Waals surface area (Å²) in [4.78, 5) is 18.7. The average Bonchev–Trinajstić information content (AvgIpc) is 2.15. The second-order valence-electron chi connectivity index (χ2n) is 2.96. The van der Waals surface area contributed by atoms with Crippen LogP contribution in [0.3, 0.4) is 0 Å². The molecular weight excluding hydrogens is 256 g/mol. The molecule has 94 valence electrons. The van der Waals surface area contributed by atoms with E-state index < -0.39 is 19.1 Å². The van der Waals surface area contributed by atoms with E-state index in [2.05, 4.69) is 9.05 Å². The van der Waals surface area contributed by atoms with Crippen molar-refractivity contribution in [3.05, 3.63) is 34.4 Å². The lowest BCUT2D eigenvalue weighted by atomic mass is 10.3.